The number of allylic oxidation sites excluding steroid dienone is 1. The summed E-state index contributed by atoms with van der Waals surface area (Å²) in [6.45, 7) is 4.03. The molecule has 1 aromatic rings. The fourth-order valence-electron chi connectivity index (χ4n) is 8.10. The molecule has 3 saturated carbocycles. The molecule has 0 saturated heterocycles. The van der Waals surface area contributed by atoms with Crippen LogP contribution in [0.15, 0.2) is 42.0 Å². The lowest BCUT2D eigenvalue weighted by atomic mass is 9.46. The number of hydrogen-bond donors (Lipinski definition) is 3. The Kier molecular flexibility index (Phi) is 7.35. The first-order chi connectivity index (χ1) is 16.6. The van der Waals surface area contributed by atoms with E-state index in [4.69, 9.17) is 5.11 Å². The summed E-state index contributed by atoms with van der Waals surface area (Å²) in [6.07, 6.45) is 7.43. The summed E-state index contributed by atoms with van der Waals surface area (Å²) >= 11 is 0. The van der Waals surface area contributed by atoms with Gasteiger partial charge in [0.05, 0.1) is 12.5 Å². The lowest BCUT2D eigenvalue weighted by Crippen LogP contribution is -2.57. The van der Waals surface area contributed by atoms with Gasteiger partial charge in [-0.1, -0.05) is 49.8 Å². The number of aliphatic hydroxyl groups is 2. The number of Topliss-reactive ketones (excluding diaryl/α,β-unsaturated/α-hetero) is 1. The fourth-order valence-corrected chi connectivity index (χ4v) is 8.10. The Morgan fingerprint density at radius 2 is 1.77 bits per heavy atom. The van der Waals surface area contributed by atoms with E-state index < -0.39 is 12.1 Å². The zero-order chi connectivity index (χ0) is 25.4. The van der Waals surface area contributed by atoms with E-state index >= 15 is 0 Å². The van der Waals surface area contributed by atoms with Gasteiger partial charge in [-0.05, 0) is 78.7 Å². The Balaban J connectivity index is 0.000000243. The number of carbonyl (C=O) groups excluding carboxylic acids is 2. The van der Waals surface area contributed by atoms with E-state index in [0.717, 1.165) is 37.7 Å². The summed E-state index contributed by atoms with van der Waals surface area (Å²) in [5, 5.41) is 28.9. The average Bonchev–Trinajstić information content (AvgIpc) is 3.16. The van der Waals surface area contributed by atoms with Crippen molar-refractivity contribution >= 4 is 17.5 Å². The molecule has 0 aliphatic heterocycles. The van der Waals surface area contributed by atoms with Crippen LogP contribution in [0, 0.1) is 34.5 Å². The second-order valence-electron chi connectivity index (χ2n) is 11.5. The summed E-state index contributed by atoms with van der Waals surface area (Å²) in [7, 11) is 0. The van der Waals surface area contributed by atoms with Gasteiger partial charge in [0, 0.05) is 12.3 Å². The van der Waals surface area contributed by atoms with Gasteiger partial charge in [-0.15, -0.1) is 0 Å². The molecule has 7 atom stereocenters. The maximum atomic E-state index is 12.3. The number of benzene rings is 1. The van der Waals surface area contributed by atoms with Crippen molar-refractivity contribution in [2.75, 3.05) is 6.61 Å². The van der Waals surface area contributed by atoms with Crippen molar-refractivity contribution in [1.82, 2.24) is 0 Å². The van der Waals surface area contributed by atoms with Gasteiger partial charge in [0.15, 0.2) is 11.6 Å². The zero-order valence-corrected chi connectivity index (χ0v) is 20.8. The van der Waals surface area contributed by atoms with Gasteiger partial charge in [0.1, 0.15) is 6.61 Å². The first-order valence-electron chi connectivity index (χ1n) is 12.9. The smallest absolute Gasteiger partial charge is 0.307 e. The SMILES string of the molecule is CC12CCC(=O)C=C1CCC1C2C(O)CC2(C)C(C(=O)CO)CCC12.O=C(O)Cc1ccccc1. The van der Waals surface area contributed by atoms with Gasteiger partial charge in [-0.2, -0.15) is 0 Å². The van der Waals surface area contributed by atoms with Gasteiger partial charge in [0.2, 0.25) is 0 Å². The molecule has 35 heavy (non-hydrogen) atoms. The van der Waals surface area contributed by atoms with Crippen molar-refractivity contribution in [2.45, 2.75) is 71.3 Å². The second-order valence-corrected chi connectivity index (χ2v) is 11.5. The number of carboxylic acids is 1. The molecule has 0 heterocycles. The quantitative estimate of drug-likeness (QED) is 0.599. The standard InChI is InChI=1S/C21H30O4.C8H8O2/c1-20-8-7-13(23)9-12(20)3-4-14-15-5-6-16(18(25)11-22)21(15,2)10-17(24)19(14)20;9-8(10)6-7-4-2-1-3-5-7/h9,14-17,19,22,24H,3-8,10-11H2,1-2H3;1-5H,6H2,(H,9,10). The van der Waals surface area contributed by atoms with Gasteiger partial charge in [0.25, 0.3) is 0 Å². The van der Waals surface area contributed by atoms with Crippen molar-refractivity contribution in [3.8, 4) is 0 Å². The molecular formula is C29H38O6. The van der Waals surface area contributed by atoms with Gasteiger partial charge in [-0.3, -0.25) is 14.4 Å². The molecule has 6 nitrogen and oxygen atoms in total. The van der Waals surface area contributed by atoms with Crippen LogP contribution in [0.25, 0.3) is 0 Å². The van der Waals surface area contributed by atoms with Gasteiger partial charge in [-0.25, -0.2) is 0 Å². The van der Waals surface area contributed by atoms with Crippen LogP contribution >= 0.6 is 0 Å². The van der Waals surface area contributed by atoms with Crippen molar-refractivity contribution in [2.24, 2.45) is 34.5 Å². The maximum absolute atomic E-state index is 12.3. The van der Waals surface area contributed by atoms with E-state index in [0.29, 0.717) is 24.7 Å². The molecule has 0 aromatic heterocycles. The number of aliphatic carboxylic acids is 1. The normalized spacial score (nSPS) is 37.7. The first kappa shape index (κ1) is 25.8. The number of aliphatic hydroxyl groups excluding tert-OH is 2. The van der Waals surface area contributed by atoms with Crippen molar-refractivity contribution in [1.29, 1.82) is 0 Å². The summed E-state index contributed by atoms with van der Waals surface area (Å²) in [4.78, 5) is 34.3. The number of fused-ring (bicyclic) bond motifs is 5. The number of carboxylic acid groups (broad SMARTS) is 1. The topological polar surface area (TPSA) is 112 Å². The van der Waals surface area contributed by atoms with E-state index in [1.807, 2.05) is 24.3 Å². The highest BCUT2D eigenvalue weighted by atomic mass is 16.4. The van der Waals surface area contributed by atoms with E-state index in [1.54, 1.807) is 12.1 Å². The summed E-state index contributed by atoms with van der Waals surface area (Å²) in [5.74, 6) is 0.332. The monoisotopic (exact) mass is 482 g/mol. The molecule has 3 fully saturated rings. The van der Waals surface area contributed by atoms with Crippen LogP contribution in [0.3, 0.4) is 0 Å². The molecule has 1 aromatic carbocycles. The fraction of sp³-hybridized carbons (Fsp3) is 0.621. The lowest BCUT2D eigenvalue weighted by Gasteiger charge is -2.59. The van der Waals surface area contributed by atoms with Crippen LogP contribution in [-0.2, 0) is 20.8 Å². The number of ketones is 2. The van der Waals surface area contributed by atoms with Gasteiger partial charge >= 0.3 is 5.97 Å². The predicted molar refractivity (Wildman–Crippen MR) is 131 cm³/mol. The highest BCUT2D eigenvalue weighted by Gasteiger charge is 2.62. The molecular weight excluding hydrogens is 444 g/mol. The molecule has 5 rings (SSSR count). The van der Waals surface area contributed by atoms with Crippen molar-refractivity contribution in [3.05, 3.63) is 47.5 Å². The van der Waals surface area contributed by atoms with E-state index in [-0.39, 0.29) is 47.3 Å². The van der Waals surface area contributed by atoms with Crippen LogP contribution in [-0.4, -0.2) is 45.6 Å². The molecule has 0 bridgehead atoms. The largest absolute Gasteiger partial charge is 0.481 e. The minimum atomic E-state index is -0.786. The Morgan fingerprint density at radius 3 is 2.43 bits per heavy atom. The molecule has 6 heteroatoms. The van der Waals surface area contributed by atoms with E-state index in [1.165, 1.54) is 5.57 Å². The van der Waals surface area contributed by atoms with Crippen molar-refractivity contribution in [3.63, 3.8) is 0 Å². The van der Waals surface area contributed by atoms with Crippen LogP contribution in [0.5, 0.6) is 0 Å². The minimum Gasteiger partial charge on any atom is -0.481 e. The summed E-state index contributed by atoms with van der Waals surface area (Å²) in [5.41, 5.74) is 1.82. The zero-order valence-electron chi connectivity index (χ0n) is 20.8. The minimum absolute atomic E-state index is 0.0541. The Hall–Kier alpha value is -2.31. The Morgan fingerprint density at radius 1 is 1.06 bits per heavy atom. The second kappa shape index (κ2) is 9.98. The highest BCUT2D eigenvalue weighted by Crippen LogP contribution is 2.66. The summed E-state index contributed by atoms with van der Waals surface area (Å²) in [6, 6.07) is 9.13. The summed E-state index contributed by atoms with van der Waals surface area (Å²) < 4.78 is 0. The molecule has 0 amide bonds. The number of carbonyl (C=O) groups is 3. The van der Waals surface area contributed by atoms with Crippen LogP contribution < -0.4 is 0 Å². The molecule has 7 unspecified atom stereocenters. The predicted octanol–water partition coefficient (Wildman–Crippen LogP) is 3.98. The first-order valence-corrected chi connectivity index (χ1v) is 12.9. The third-order valence-electron chi connectivity index (χ3n) is 9.64. The van der Waals surface area contributed by atoms with Crippen molar-refractivity contribution < 1.29 is 29.7 Å². The Bertz CT molecular complexity index is 1000. The Labute approximate surface area is 207 Å². The number of hydrogen-bond acceptors (Lipinski definition) is 5. The molecule has 4 aliphatic rings. The van der Waals surface area contributed by atoms with Crippen LogP contribution in [0.1, 0.15) is 64.4 Å². The average molecular weight is 483 g/mol. The molecule has 3 N–H and O–H groups in total. The van der Waals surface area contributed by atoms with E-state index in [2.05, 4.69) is 13.8 Å². The van der Waals surface area contributed by atoms with E-state index in [9.17, 15) is 24.6 Å². The third-order valence-corrected chi connectivity index (χ3v) is 9.64. The molecule has 190 valence electrons. The maximum Gasteiger partial charge on any atom is 0.307 e. The highest BCUT2D eigenvalue weighted by molar-refractivity contribution is 5.91. The lowest BCUT2D eigenvalue weighted by molar-refractivity contribution is -0.146. The molecule has 0 radical (unpaired) electrons. The molecule has 4 aliphatic carbocycles. The third kappa shape index (κ3) is 4.75. The number of rotatable bonds is 4. The van der Waals surface area contributed by atoms with Crippen LogP contribution in [0.2, 0.25) is 0 Å². The van der Waals surface area contributed by atoms with Gasteiger partial charge < -0.3 is 15.3 Å². The molecule has 0 spiro atoms. The van der Waals surface area contributed by atoms with Crippen LogP contribution in [0.4, 0.5) is 0 Å².